The van der Waals surface area contributed by atoms with Crippen LogP contribution in [0.25, 0.3) is 0 Å². The molecule has 2 amide bonds. The van der Waals surface area contributed by atoms with Crippen LogP contribution in [-0.2, 0) is 22.6 Å². The lowest BCUT2D eigenvalue weighted by molar-refractivity contribution is -0.137. The van der Waals surface area contributed by atoms with Gasteiger partial charge in [-0.05, 0) is 37.8 Å². The van der Waals surface area contributed by atoms with E-state index in [4.69, 9.17) is 4.74 Å². The highest BCUT2D eigenvalue weighted by atomic mass is 19.1. The van der Waals surface area contributed by atoms with Crippen LogP contribution in [0.15, 0.2) is 29.1 Å². The number of carbonyl (C=O) groups excluding carboxylic acids is 2. The molecule has 4 rings (SSSR count). The monoisotopic (exact) mass is 442 g/mol. The minimum atomic E-state index is -0.526. The molecule has 1 aromatic heterocycles. The highest BCUT2D eigenvalue weighted by Gasteiger charge is 2.32. The van der Waals surface area contributed by atoms with E-state index in [1.807, 2.05) is 6.92 Å². The zero-order valence-electron chi connectivity index (χ0n) is 18.1. The van der Waals surface area contributed by atoms with Crippen LogP contribution in [0.4, 0.5) is 4.39 Å². The number of hydrogen-bond acceptors (Lipinski definition) is 5. The first kappa shape index (κ1) is 22.0. The van der Waals surface area contributed by atoms with Crippen LogP contribution in [-0.4, -0.2) is 51.3 Å². The third-order valence-corrected chi connectivity index (χ3v) is 6.07. The number of H-pyrrole nitrogens is 1. The van der Waals surface area contributed by atoms with Crippen molar-refractivity contribution in [2.45, 2.75) is 51.6 Å². The van der Waals surface area contributed by atoms with Crippen molar-refractivity contribution in [3.8, 4) is 5.75 Å². The number of ether oxygens (including phenoxy) is 1. The van der Waals surface area contributed by atoms with Gasteiger partial charge in [-0.1, -0.05) is 19.1 Å². The van der Waals surface area contributed by atoms with Crippen LogP contribution >= 0.6 is 0 Å². The third kappa shape index (κ3) is 4.51. The molecule has 0 spiro atoms. The Kier molecular flexibility index (Phi) is 6.53. The maximum atomic E-state index is 13.8. The molecular formula is C23H27FN4O4. The molecule has 2 aromatic rings. The van der Waals surface area contributed by atoms with Gasteiger partial charge in [-0.3, -0.25) is 14.4 Å². The van der Waals surface area contributed by atoms with Gasteiger partial charge in [0.15, 0.2) is 18.2 Å². The fourth-order valence-corrected chi connectivity index (χ4v) is 4.35. The van der Waals surface area contributed by atoms with E-state index in [-0.39, 0.29) is 29.7 Å². The number of piperidine rings is 1. The largest absolute Gasteiger partial charge is 0.481 e. The number of amides is 2. The Morgan fingerprint density at radius 1 is 1.22 bits per heavy atom. The van der Waals surface area contributed by atoms with E-state index >= 15 is 0 Å². The number of nitrogens with zero attached hydrogens (tertiary/aromatic N) is 3. The SMILES string of the molecule is CCC(=O)N1CCc2c(nc([C@H]3CCCCN3C(=O)COc3ccccc3F)[nH]c2=O)C1. The number of aromatic nitrogens is 2. The highest BCUT2D eigenvalue weighted by molar-refractivity contribution is 5.78. The minimum absolute atomic E-state index is 0.0235. The lowest BCUT2D eigenvalue weighted by Crippen LogP contribution is -2.43. The fourth-order valence-electron chi connectivity index (χ4n) is 4.35. The molecular weight excluding hydrogens is 415 g/mol. The molecule has 1 N–H and O–H groups in total. The lowest BCUT2D eigenvalue weighted by atomic mass is 10.00. The number of aromatic amines is 1. The average molecular weight is 442 g/mol. The lowest BCUT2D eigenvalue weighted by Gasteiger charge is -2.35. The molecule has 9 heteroatoms. The molecule has 1 atom stereocenters. The average Bonchev–Trinajstić information content (AvgIpc) is 2.82. The summed E-state index contributed by atoms with van der Waals surface area (Å²) in [5.41, 5.74) is 0.983. The second kappa shape index (κ2) is 9.50. The number of hydrogen-bond donors (Lipinski definition) is 1. The summed E-state index contributed by atoms with van der Waals surface area (Å²) in [6.45, 7) is 2.82. The van der Waals surface area contributed by atoms with E-state index < -0.39 is 11.9 Å². The molecule has 170 valence electrons. The summed E-state index contributed by atoms with van der Waals surface area (Å²) in [4.78, 5) is 48.7. The summed E-state index contributed by atoms with van der Waals surface area (Å²) in [5.74, 6) is -0.337. The van der Waals surface area contributed by atoms with Crippen molar-refractivity contribution in [1.29, 1.82) is 0 Å². The standard InChI is InChI=1S/C23H27FN4O4/c1-2-20(29)27-12-10-15-17(13-27)25-22(26-23(15)31)18-8-5-6-11-28(18)21(30)14-32-19-9-4-3-7-16(19)24/h3-4,7,9,18H,2,5-6,8,10-14H2,1H3,(H,25,26,31)/t18-/m1/s1. The Morgan fingerprint density at radius 3 is 2.81 bits per heavy atom. The maximum absolute atomic E-state index is 13.8. The van der Waals surface area contributed by atoms with Crippen molar-refractivity contribution in [2.24, 2.45) is 0 Å². The number of benzene rings is 1. The number of rotatable bonds is 5. The molecule has 0 radical (unpaired) electrons. The number of para-hydroxylation sites is 1. The Bertz CT molecular complexity index is 1070. The van der Waals surface area contributed by atoms with Gasteiger partial charge in [0.2, 0.25) is 5.91 Å². The quantitative estimate of drug-likeness (QED) is 0.767. The molecule has 0 aliphatic carbocycles. The predicted molar refractivity (Wildman–Crippen MR) is 114 cm³/mol. The molecule has 32 heavy (non-hydrogen) atoms. The summed E-state index contributed by atoms with van der Waals surface area (Å²) >= 11 is 0. The first-order valence-corrected chi connectivity index (χ1v) is 11.0. The number of halogens is 1. The van der Waals surface area contributed by atoms with Crippen LogP contribution in [0, 0.1) is 5.82 Å². The highest BCUT2D eigenvalue weighted by Crippen LogP contribution is 2.29. The van der Waals surface area contributed by atoms with Gasteiger partial charge in [-0.15, -0.1) is 0 Å². The molecule has 1 aromatic carbocycles. The topological polar surface area (TPSA) is 95.6 Å². The van der Waals surface area contributed by atoms with Gasteiger partial charge in [-0.25, -0.2) is 9.37 Å². The zero-order valence-corrected chi connectivity index (χ0v) is 18.1. The predicted octanol–water partition coefficient (Wildman–Crippen LogP) is 2.34. The summed E-state index contributed by atoms with van der Waals surface area (Å²) in [7, 11) is 0. The molecule has 1 fully saturated rings. The van der Waals surface area contributed by atoms with Crippen molar-refractivity contribution < 1.29 is 18.7 Å². The molecule has 2 aliphatic rings. The van der Waals surface area contributed by atoms with Crippen molar-refractivity contribution in [3.63, 3.8) is 0 Å². The van der Waals surface area contributed by atoms with Gasteiger partial charge in [-0.2, -0.15) is 0 Å². The molecule has 1 saturated heterocycles. The summed E-state index contributed by atoms with van der Waals surface area (Å²) < 4.78 is 19.2. The minimum Gasteiger partial charge on any atom is -0.481 e. The number of likely N-dealkylation sites (tertiary alicyclic amines) is 1. The maximum Gasteiger partial charge on any atom is 0.261 e. The van der Waals surface area contributed by atoms with Gasteiger partial charge in [0.05, 0.1) is 18.3 Å². The Morgan fingerprint density at radius 2 is 2.03 bits per heavy atom. The number of carbonyl (C=O) groups is 2. The number of fused-ring (bicyclic) bond motifs is 1. The van der Waals surface area contributed by atoms with E-state index in [1.54, 1.807) is 21.9 Å². The van der Waals surface area contributed by atoms with Crippen molar-refractivity contribution in [1.82, 2.24) is 19.8 Å². The van der Waals surface area contributed by atoms with Gasteiger partial charge in [0.25, 0.3) is 11.5 Å². The summed E-state index contributed by atoms with van der Waals surface area (Å²) in [6.07, 6.45) is 3.25. The van der Waals surface area contributed by atoms with E-state index in [2.05, 4.69) is 9.97 Å². The van der Waals surface area contributed by atoms with Crippen molar-refractivity contribution in [2.75, 3.05) is 19.7 Å². The van der Waals surface area contributed by atoms with Crippen LogP contribution in [0.3, 0.4) is 0 Å². The number of nitrogens with one attached hydrogen (secondary N) is 1. The normalized spacial score (nSPS) is 18.2. The Balaban J connectivity index is 1.54. The Hall–Kier alpha value is -3.23. The van der Waals surface area contributed by atoms with Crippen molar-refractivity contribution in [3.05, 3.63) is 57.5 Å². The smallest absolute Gasteiger partial charge is 0.261 e. The molecule has 2 aliphatic heterocycles. The van der Waals surface area contributed by atoms with Gasteiger partial charge in [0.1, 0.15) is 5.82 Å². The first-order chi connectivity index (χ1) is 15.5. The first-order valence-electron chi connectivity index (χ1n) is 11.0. The van der Waals surface area contributed by atoms with E-state index in [9.17, 15) is 18.8 Å². The third-order valence-electron chi connectivity index (χ3n) is 6.07. The van der Waals surface area contributed by atoms with Crippen LogP contribution in [0.2, 0.25) is 0 Å². The van der Waals surface area contributed by atoms with Gasteiger partial charge < -0.3 is 19.5 Å². The zero-order chi connectivity index (χ0) is 22.7. The van der Waals surface area contributed by atoms with E-state index in [0.717, 1.165) is 12.8 Å². The van der Waals surface area contributed by atoms with Crippen LogP contribution < -0.4 is 10.3 Å². The molecule has 0 bridgehead atoms. The summed E-state index contributed by atoms with van der Waals surface area (Å²) in [6, 6.07) is 5.55. The molecule has 0 unspecified atom stereocenters. The van der Waals surface area contributed by atoms with Crippen LogP contribution in [0.1, 0.15) is 55.7 Å². The fraction of sp³-hybridized carbons (Fsp3) is 0.478. The molecule has 3 heterocycles. The molecule has 0 saturated carbocycles. The van der Waals surface area contributed by atoms with Crippen molar-refractivity contribution >= 4 is 11.8 Å². The Labute approximate surface area is 185 Å². The second-order valence-corrected chi connectivity index (χ2v) is 8.11. The van der Waals surface area contributed by atoms with E-state index in [0.29, 0.717) is 56.0 Å². The second-order valence-electron chi connectivity index (χ2n) is 8.11. The molecule has 8 nitrogen and oxygen atoms in total. The van der Waals surface area contributed by atoms with Gasteiger partial charge >= 0.3 is 0 Å². The van der Waals surface area contributed by atoms with E-state index in [1.165, 1.54) is 12.1 Å². The van der Waals surface area contributed by atoms with Crippen LogP contribution in [0.5, 0.6) is 5.75 Å². The van der Waals surface area contributed by atoms with Gasteiger partial charge in [0, 0.05) is 25.1 Å². The summed E-state index contributed by atoms with van der Waals surface area (Å²) in [5, 5.41) is 0.